The van der Waals surface area contributed by atoms with Gasteiger partial charge in [-0.3, -0.25) is 0 Å². The lowest BCUT2D eigenvalue weighted by atomic mass is 9.78. The summed E-state index contributed by atoms with van der Waals surface area (Å²) in [6.07, 6.45) is 5.30. The van der Waals surface area contributed by atoms with E-state index in [4.69, 9.17) is 0 Å². The van der Waals surface area contributed by atoms with Gasteiger partial charge in [-0.2, -0.15) is 0 Å². The summed E-state index contributed by atoms with van der Waals surface area (Å²) >= 11 is 0. The smallest absolute Gasteiger partial charge is 0.0342 e. The molecule has 0 heterocycles. The summed E-state index contributed by atoms with van der Waals surface area (Å²) < 4.78 is 0. The van der Waals surface area contributed by atoms with Crippen molar-refractivity contribution in [3.63, 3.8) is 0 Å². The minimum Gasteiger partial charge on any atom is -0.384 e. The summed E-state index contributed by atoms with van der Waals surface area (Å²) in [5.41, 5.74) is 1.44. The molecule has 1 nitrogen and oxygen atoms in total. The first-order valence-electron chi connectivity index (χ1n) is 4.95. The maximum atomic E-state index is 3.90. The third-order valence-electron chi connectivity index (χ3n) is 2.89. The zero-order valence-electron chi connectivity index (χ0n) is 8.61. The zero-order chi connectivity index (χ0) is 9.19. The molecule has 1 saturated carbocycles. The van der Waals surface area contributed by atoms with Crippen molar-refractivity contribution in [2.75, 3.05) is 0 Å². The third kappa shape index (κ3) is 2.54. The van der Waals surface area contributed by atoms with E-state index in [1.54, 1.807) is 0 Å². The van der Waals surface area contributed by atoms with Crippen molar-refractivity contribution >= 4 is 0 Å². The molecule has 0 saturated heterocycles. The van der Waals surface area contributed by atoms with Crippen molar-refractivity contribution in [2.24, 2.45) is 5.92 Å². The lowest BCUT2D eigenvalue weighted by Gasteiger charge is -2.38. The summed E-state index contributed by atoms with van der Waals surface area (Å²) in [5, 5.41) is 3.48. The van der Waals surface area contributed by atoms with Crippen LogP contribution in [0.3, 0.4) is 0 Å². The molecule has 1 aliphatic rings. The average molecular weight is 167 g/mol. The molecule has 0 aromatic rings. The molecule has 0 atom stereocenters. The van der Waals surface area contributed by atoms with Gasteiger partial charge in [0.2, 0.25) is 0 Å². The fourth-order valence-corrected chi connectivity index (χ4v) is 2.04. The molecule has 0 aromatic heterocycles. The molecule has 0 bridgehead atoms. The van der Waals surface area contributed by atoms with Crippen molar-refractivity contribution in [1.29, 1.82) is 0 Å². The molecule has 12 heavy (non-hydrogen) atoms. The third-order valence-corrected chi connectivity index (χ3v) is 2.89. The predicted octanol–water partition coefficient (Wildman–Crippen LogP) is 3.08. The van der Waals surface area contributed by atoms with Crippen molar-refractivity contribution in [3.8, 4) is 0 Å². The molecule has 0 radical (unpaired) electrons. The number of nitrogens with one attached hydrogen (secondary N) is 1. The van der Waals surface area contributed by atoms with Gasteiger partial charge in [0.25, 0.3) is 0 Å². The van der Waals surface area contributed by atoms with Crippen LogP contribution in [0.5, 0.6) is 0 Å². The van der Waals surface area contributed by atoms with Gasteiger partial charge in [0.05, 0.1) is 0 Å². The molecule has 0 spiro atoms. The Bertz CT molecular complexity index is 164. The fourth-order valence-electron chi connectivity index (χ4n) is 2.04. The highest BCUT2D eigenvalue weighted by Crippen LogP contribution is 2.31. The van der Waals surface area contributed by atoms with Gasteiger partial charge in [-0.05, 0) is 45.4 Å². The van der Waals surface area contributed by atoms with E-state index in [1.165, 1.54) is 25.7 Å². The molecule has 0 aliphatic heterocycles. The minimum atomic E-state index is 0.332. The maximum Gasteiger partial charge on any atom is 0.0342 e. The molecule has 70 valence electrons. The fraction of sp³-hybridized carbons (Fsp3) is 0.818. The van der Waals surface area contributed by atoms with Crippen LogP contribution in [0.1, 0.15) is 46.5 Å². The van der Waals surface area contributed by atoms with Gasteiger partial charge in [-0.15, -0.1) is 0 Å². The number of hydrogen-bond donors (Lipinski definition) is 1. The summed E-state index contributed by atoms with van der Waals surface area (Å²) in [6.45, 7) is 10.6. The Kier molecular flexibility index (Phi) is 2.81. The van der Waals surface area contributed by atoms with E-state index in [1.807, 2.05) is 6.92 Å². The van der Waals surface area contributed by atoms with Crippen LogP contribution in [-0.2, 0) is 0 Å². The second-order valence-electron chi connectivity index (χ2n) is 4.65. The topological polar surface area (TPSA) is 12.0 Å². The number of hydrogen-bond acceptors (Lipinski definition) is 1. The van der Waals surface area contributed by atoms with Crippen molar-refractivity contribution in [1.82, 2.24) is 5.32 Å². The monoisotopic (exact) mass is 167 g/mol. The number of rotatable bonds is 2. The Balaban J connectivity index is 2.44. The number of allylic oxidation sites excluding steroid dienone is 1. The van der Waals surface area contributed by atoms with Crippen LogP contribution in [0, 0.1) is 5.92 Å². The van der Waals surface area contributed by atoms with Crippen molar-refractivity contribution < 1.29 is 0 Å². The first-order valence-corrected chi connectivity index (χ1v) is 4.95. The van der Waals surface area contributed by atoms with E-state index in [9.17, 15) is 0 Å². The molecule has 1 rings (SSSR count). The molecule has 0 aromatic carbocycles. The van der Waals surface area contributed by atoms with Crippen LogP contribution in [0.25, 0.3) is 0 Å². The van der Waals surface area contributed by atoms with Gasteiger partial charge in [-0.25, -0.2) is 0 Å². The average Bonchev–Trinajstić information content (AvgIpc) is 1.94. The van der Waals surface area contributed by atoms with Crippen LogP contribution in [0.4, 0.5) is 0 Å². The highest BCUT2D eigenvalue weighted by atomic mass is 15.0. The summed E-state index contributed by atoms with van der Waals surface area (Å²) in [4.78, 5) is 0. The minimum absolute atomic E-state index is 0.332. The van der Waals surface area contributed by atoms with E-state index in [0.717, 1.165) is 11.6 Å². The van der Waals surface area contributed by atoms with E-state index in [-0.39, 0.29) is 0 Å². The van der Waals surface area contributed by atoms with Gasteiger partial charge in [-0.1, -0.05) is 13.5 Å². The predicted molar refractivity (Wildman–Crippen MR) is 54.0 cm³/mol. The lowest BCUT2D eigenvalue weighted by molar-refractivity contribution is 0.229. The van der Waals surface area contributed by atoms with Gasteiger partial charge in [0.1, 0.15) is 0 Å². The van der Waals surface area contributed by atoms with E-state index in [2.05, 4.69) is 25.7 Å². The second kappa shape index (κ2) is 3.51. The first kappa shape index (κ1) is 9.63. The second-order valence-corrected chi connectivity index (χ2v) is 4.65. The summed E-state index contributed by atoms with van der Waals surface area (Å²) in [5.74, 6) is 0.921. The summed E-state index contributed by atoms with van der Waals surface area (Å²) in [6, 6.07) is 0. The Labute approximate surface area is 76.2 Å². The van der Waals surface area contributed by atoms with E-state index in [0.29, 0.717) is 5.54 Å². The zero-order valence-corrected chi connectivity index (χ0v) is 8.61. The molecular weight excluding hydrogens is 146 g/mol. The van der Waals surface area contributed by atoms with Crippen LogP contribution >= 0.6 is 0 Å². The highest BCUT2D eigenvalue weighted by Gasteiger charge is 2.28. The molecule has 1 heteroatoms. The van der Waals surface area contributed by atoms with E-state index >= 15 is 0 Å². The van der Waals surface area contributed by atoms with Crippen LogP contribution < -0.4 is 5.32 Å². The lowest BCUT2D eigenvalue weighted by Crippen LogP contribution is -2.43. The van der Waals surface area contributed by atoms with Crippen molar-refractivity contribution in [3.05, 3.63) is 12.3 Å². The molecule has 1 N–H and O–H groups in total. The summed E-state index contributed by atoms with van der Waals surface area (Å²) in [7, 11) is 0. The standard InChI is InChI=1S/C11H21N/c1-9(2)12-11(4)7-5-10(3)6-8-11/h10,12H,1,5-8H2,2-4H3. The van der Waals surface area contributed by atoms with Gasteiger partial charge in [0, 0.05) is 11.2 Å². The Morgan fingerprint density at radius 2 is 1.92 bits per heavy atom. The van der Waals surface area contributed by atoms with Gasteiger partial charge in [0.15, 0.2) is 0 Å². The Hall–Kier alpha value is -0.460. The maximum absolute atomic E-state index is 3.90. The molecule has 1 fully saturated rings. The molecule has 0 unspecified atom stereocenters. The van der Waals surface area contributed by atoms with Gasteiger partial charge >= 0.3 is 0 Å². The Morgan fingerprint density at radius 3 is 2.33 bits per heavy atom. The van der Waals surface area contributed by atoms with Gasteiger partial charge < -0.3 is 5.32 Å². The largest absolute Gasteiger partial charge is 0.384 e. The van der Waals surface area contributed by atoms with E-state index < -0.39 is 0 Å². The molecular formula is C11H21N. The normalized spacial score (nSPS) is 36.1. The molecule has 0 amide bonds. The first-order chi connectivity index (χ1) is 5.52. The quantitative estimate of drug-likeness (QED) is 0.666. The Morgan fingerprint density at radius 1 is 1.42 bits per heavy atom. The van der Waals surface area contributed by atoms with Crippen LogP contribution in [0.15, 0.2) is 12.3 Å². The molecule has 1 aliphatic carbocycles. The van der Waals surface area contributed by atoms with Crippen molar-refractivity contribution in [2.45, 2.75) is 52.0 Å². The van der Waals surface area contributed by atoms with Crippen LogP contribution in [-0.4, -0.2) is 5.54 Å². The van der Waals surface area contributed by atoms with Crippen LogP contribution in [0.2, 0.25) is 0 Å². The highest BCUT2D eigenvalue weighted by molar-refractivity contribution is 4.97. The SMILES string of the molecule is C=C(C)NC1(C)CCC(C)CC1.